The Hall–Kier alpha value is -2.30. The predicted molar refractivity (Wildman–Crippen MR) is 76.7 cm³/mol. The molecule has 1 aliphatic heterocycles. The summed E-state index contributed by atoms with van der Waals surface area (Å²) in [6.45, 7) is 1.16. The summed E-state index contributed by atoms with van der Waals surface area (Å²) in [5.41, 5.74) is -0.721. The van der Waals surface area contributed by atoms with Gasteiger partial charge in [0.25, 0.3) is 5.56 Å². The summed E-state index contributed by atoms with van der Waals surface area (Å²) in [5, 5.41) is 23.8. The van der Waals surface area contributed by atoms with Crippen LogP contribution in [0.25, 0.3) is 0 Å². The molecule has 1 fully saturated rings. The molecule has 0 unspecified atom stereocenters. The number of ether oxygens (including phenoxy) is 1. The molecule has 3 heterocycles. The Balaban J connectivity index is 1.98. The number of aryl methyl sites for hydroxylation is 1. The Bertz CT molecular complexity index is 783. The van der Waals surface area contributed by atoms with Crippen LogP contribution in [0.3, 0.4) is 0 Å². The largest absolute Gasteiger partial charge is 0.394 e. The van der Waals surface area contributed by atoms with Crippen molar-refractivity contribution in [1.82, 2.24) is 24.3 Å². The van der Waals surface area contributed by atoms with Crippen LogP contribution in [0.5, 0.6) is 0 Å². The summed E-state index contributed by atoms with van der Waals surface area (Å²) in [6.07, 6.45) is 1.77. The van der Waals surface area contributed by atoms with Crippen LogP contribution in [-0.4, -0.2) is 53.3 Å². The van der Waals surface area contributed by atoms with Gasteiger partial charge in [0.15, 0.2) is 0 Å². The first kappa shape index (κ1) is 15.6. The first-order valence-corrected chi connectivity index (χ1v) is 7.12. The zero-order valence-electron chi connectivity index (χ0n) is 12.4. The van der Waals surface area contributed by atoms with Gasteiger partial charge in [0.1, 0.15) is 31.1 Å². The van der Waals surface area contributed by atoms with Crippen molar-refractivity contribution in [3.63, 3.8) is 0 Å². The van der Waals surface area contributed by atoms with E-state index in [0.29, 0.717) is 5.56 Å². The predicted octanol–water partition coefficient (Wildman–Crippen LogP) is -1.68. The number of hydrogen-bond donors (Lipinski definition) is 3. The number of H-pyrrole nitrogens is 1. The van der Waals surface area contributed by atoms with Gasteiger partial charge < -0.3 is 14.9 Å². The number of nitrogens with one attached hydrogen (secondary N) is 1. The number of aromatic amines is 1. The average molecular weight is 323 g/mol. The van der Waals surface area contributed by atoms with Crippen LogP contribution in [0.4, 0.5) is 0 Å². The van der Waals surface area contributed by atoms with Crippen molar-refractivity contribution in [2.75, 3.05) is 6.61 Å². The van der Waals surface area contributed by atoms with Crippen molar-refractivity contribution >= 4 is 0 Å². The van der Waals surface area contributed by atoms with Gasteiger partial charge >= 0.3 is 5.69 Å². The van der Waals surface area contributed by atoms with E-state index in [0.717, 1.165) is 0 Å². The van der Waals surface area contributed by atoms with Crippen LogP contribution >= 0.6 is 0 Å². The molecule has 0 radical (unpaired) electrons. The van der Waals surface area contributed by atoms with E-state index in [1.165, 1.54) is 28.1 Å². The number of aliphatic hydroxyl groups is 2. The van der Waals surface area contributed by atoms with Crippen molar-refractivity contribution in [2.24, 2.45) is 0 Å². The summed E-state index contributed by atoms with van der Waals surface area (Å²) >= 11 is 0. The van der Waals surface area contributed by atoms with Crippen molar-refractivity contribution in [1.29, 1.82) is 0 Å². The molecule has 3 N–H and O–H groups in total. The molecule has 3 rings (SSSR count). The highest BCUT2D eigenvalue weighted by atomic mass is 16.5. The summed E-state index contributed by atoms with van der Waals surface area (Å²) < 4.78 is 8.33. The first-order valence-electron chi connectivity index (χ1n) is 7.12. The Labute approximate surface area is 130 Å². The summed E-state index contributed by atoms with van der Waals surface area (Å²) in [4.78, 5) is 29.6. The van der Waals surface area contributed by atoms with Gasteiger partial charge in [0.05, 0.1) is 12.6 Å². The fraction of sp³-hybridized carbons (Fsp3) is 0.538. The normalized spacial score (nSPS) is 28.0. The molecule has 23 heavy (non-hydrogen) atoms. The van der Waals surface area contributed by atoms with E-state index < -0.39 is 42.3 Å². The van der Waals surface area contributed by atoms with Gasteiger partial charge in [0, 0.05) is 18.2 Å². The lowest BCUT2D eigenvalue weighted by molar-refractivity contribution is -0.181. The Morgan fingerprint density at radius 2 is 2.26 bits per heavy atom. The van der Waals surface area contributed by atoms with E-state index in [4.69, 9.17) is 4.74 Å². The maximum absolute atomic E-state index is 12.0. The van der Waals surface area contributed by atoms with Crippen molar-refractivity contribution < 1.29 is 14.9 Å². The monoisotopic (exact) mass is 323 g/mol. The number of rotatable bonds is 3. The number of nitrogens with zero attached hydrogens (tertiary/aromatic N) is 4. The molecule has 124 valence electrons. The zero-order chi connectivity index (χ0) is 16.6. The topological polar surface area (TPSA) is 135 Å². The smallest absolute Gasteiger partial charge is 0.330 e. The third kappa shape index (κ3) is 2.83. The second kappa shape index (κ2) is 6.07. The molecule has 4 atom stereocenters. The number of hydrogen-bond acceptors (Lipinski definition) is 7. The SMILES string of the molecule is Cc1cn([C@H]2C[C@H](n3cncn3)[C@H](O)[C@@H](CO)O2)c(=O)[nH]c1=O. The molecule has 0 aromatic carbocycles. The van der Waals surface area contributed by atoms with Crippen molar-refractivity contribution in [3.05, 3.63) is 45.3 Å². The van der Waals surface area contributed by atoms with Gasteiger partial charge in [-0.1, -0.05) is 0 Å². The first-order chi connectivity index (χ1) is 11.0. The molecule has 10 nitrogen and oxygen atoms in total. The van der Waals surface area contributed by atoms with Gasteiger partial charge in [-0.2, -0.15) is 5.10 Å². The lowest BCUT2D eigenvalue weighted by Crippen LogP contribution is -2.48. The van der Waals surface area contributed by atoms with Gasteiger partial charge in [-0.3, -0.25) is 14.3 Å². The molecule has 1 aliphatic rings. The second-order valence-electron chi connectivity index (χ2n) is 5.46. The minimum atomic E-state index is -1.00. The fourth-order valence-electron chi connectivity index (χ4n) is 2.71. The van der Waals surface area contributed by atoms with Crippen LogP contribution < -0.4 is 11.2 Å². The molecular weight excluding hydrogens is 306 g/mol. The third-order valence-corrected chi connectivity index (χ3v) is 3.96. The standard InChI is InChI=1S/C13H17N5O5/c1-7-3-17(13(22)16-12(7)21)10-2-8(18-6-14-5-15-18)11(20)9(4-19)23-10/h3,5-6,8-11,19-20H,2,4H2,1H3,(H,16,21,22)/t8-,9+,10+,11-/m0/s1. The van der Waals surface area contributed by atoms with Crippen LogP contribution in [-0.2, 0) is 4.74 Å². The lowest BCUT2D eigenvalue weighted by Gasteiger charge is -2.39. The van der Waals surface area contributed by atoms with Gasteiger partial charge in [0.2, 0.25) is 0 Å². The van der Waals surface area contributed by atoms with Crippen LogP contribution in [0, 0.1) is 6.92 Å². The lowest BCUT2D eigenvalue weighted by atomic mass is 9.98. The van der Waals surface area contributed by atoms with Gasteiger partial charge in [-0.25, -0.2) is 14.5 Å². The minimum absolute atomic E-state index is 0.229. The second-order valence-corrected chi connectivity index (χ2v) is 5.46. The van der Waals surface area contributed by atoms with Crippen LogP contribution in [0.2, 0.25) is 0 Å². The molecule has 1 saturated heterocycles. The van der Waals surface area contributed by atoms with Crippen molar-refractivity contribution in [3.8, 4) is 0 Å². The van der Waals surface area contributed by atoms with E-state index in [2.05, 4.69) is 15.1 Å². The molecule has 0 amide bonds. The molecule has 2 aromatic heterocycles. The average Bonchev–Trinajstić information content (AvgIpc) is 3.05. The van der Waals surface area contributed by atoms with E-state index in [1.54, 1.807) is 6.92 Å². The highest BCUT2D eigenvalue weighted by Crippen LogP contribution is 2.33. The van der Waals surface area contributed by atoms with Gasteiger partial charge in [-0.05, 0) is 6.92 Å². The van der Waals surface area contributed by atoms with E-state index >= 15 is 0 Å². The molecular formula is C13H17N5O5. The van der Waals surface area contributed by atoms with E-state index in [-0.39, 0.29) is 6.42 Å². The zero-order valence-corrected chi connectivity index (χ0v) is 12.4. The van der Waals surface area contributed by atoms with E-state index in [1.807, 2.05) is 0 Å². The summed E-state index contributed by atoms with van der Waals surface area (Å²) in [5.74, 6) is 0. The Morgan fingerprint density at radius 1 is 1.48 bits per heavy atom. The molecule has 0 bridgehead atoms. The maximum Gasteiger partial charge on any atom is 0.330 e. The highest BCUT2D eigenvalue weighted by Gasteiger charge is 2.40. The molecule has 10 heteroatoms. The van der Waals surface area contributed by atoms with Gasteiger partial charge in [-0.15, -0.1) is 0 Å². The minimum Gasteiger partial charge on any atom is -0.394 e. The Morgan fingerprint density at radius 3 is 2.91 bits per heavy atom. The Kier molecular flexibility index (Phi) is 4.11. The number of aliphatic hydroxyl groups excluding tert-OH is 2. The fourth-order valence-corrected chi connectivity index (χ4v) is 2.71. The molecule has 0 spiro atoms. The van der Waals surface area contributed by atoms with E-state index in [9.17, 15) is 19.8 Å². The quantitative estimate of drug-likeness (QED) is 0.614. The number of aromatic nitrogens is 5. The summed E-state index contributed by atoms with van der Waals surface area (Å²) in [6, 6.07) is -0.521. The third-order valence-electron chi connectivity index (χ3n) is 3.96. The van der Waals surface area contributed by atoms with Crippen LogP contribution in [0.1, 0.15) is 24.3 Å². The molecule has 0 aliphatic carbocycles. The molecule has 0 saturated carbocycles. The van der Waals surface area contributed by atoms with Crippen molar-refractivity contribution in [2.45, 2.75) is 37.8 Å². The highest BCUT2D eigenvalue weighted by molar-refractivity contribution is 5.02. The maximum atomic E-state index is 12.0. The summed E-state index contributed by atoms with van der Waals surface area (Å²) in [7, 11) is 0. The molecule has 2 aromatic rings. The van der Waals surface area contributed by atoms with Crippen LogP contribution in [0.15, 0.2) is 28.4 Å².